The number of aromatic nitrogens is 5. The molecule has 4 rings (SSSR count). The summed E-state index contributed by atoms with van der Waals surface area (Å²) in [5.41, 5.74) is 8.71. The minimum absolute atomic E-state index is 0.438. The second kappa shape index (κ2) is 8.41. The molecular formula is C20H19Cl2N7O. The third kappa shape index (κ3) is 3.88. The predicted octanol–water partition coefficient (Wildman–Crippen LogP) is 3.82. The highest BCUT2D eigenvalue weighted by atomic mass is 35.5. The molecule has 0 fully saturated rings. The molecule has 0 saturated carbocycles. The first-order valence-electron chi connectivity index (χ1n) is 9.43. The summed E-state index contributed by atoms with van der Waals surface area (Å²) >= 11 is 12.4. The van der Waals surface area contributed by atoms with Crippen LogP contribution in [-0.4, -0.2) is 37.0 Å². The Bertz CT molecular complexity index is 1260. The van der Waals surface area contributed by atoms with Crippen LogP contribution in [0.2, 0.25) is 10.0 Å². The molecule has 0 spiro atoms. The van der Waals surface area contributed by atoms with Crippen molar-refractivity contribution in [2.45, 2.75) is 26.2 Å². The van der Waals surface area contributed by atoms with E-state index in [-0.39, 0.29) is 0 Å². The lowest BCUT2D eigenvalue weighted by molar-refractivity contribution is 0.0999. The van der Waals surface area contributed by atoms with Crippen molar-refractivity contribution in [2.75, 3.05) is 11.9 Å². The number of halogens is 2. The maximum Gasteiger partial charge on any atom is 0.250 e. The van der Waals surface area contributed by atoms with Crippen molar-refractivity contribution in [2.24, 2.45) is 5.73 Å². The Kier molecular flexibility index (Phi) is 5.69. The van der Waals surface area contributed by atoms with Crippen LogP contribution < -0.4 is 11.1 Å². The van der Waals surface area contributed by atoms with Crippen LogP contribution in [0.5, 0.6) is 0 Å². The molecule has 0 atom stereocenters. The van der Waals surface area contributed by atoms with E-state index in [9.17, 15) is 4.79 Å². The Morgan fingerprint density at radius 1 is 1.20 bits per heavy atom. The maximum atomic E-state index is 11.5. The van der Waals surface area contributed by atoms with Crippen molar-refractivity contribution < 1.29 is 4.79 Å². The minimum atomic E-state index is -0.458. The van der Waals surface area contributed by atoms with Gasteiger partial charge in [0.05, 0.1) is 32.3 Å². The number of rotatable bonds is 7. The molecule has 1 aromatic carbocycles. The first kappa shape index (κ1) is 20.3. The average molecular weight is 444 g/mol. The summed E-state index contributed by atoms with van der Waals surface area (Å²) in [6.07, 6.45) is 4.01. The standard InChI is InChI=1S/C20H19Cl2N7O/c1-11-27-28-20-19(26-16-9-13(21)14(22)10-17(16)29(11)20)25-7-3-2-6-15-12(18(23)30)5-4-8-24-15/h4-5,8-10H,2-3,6-7H2,1H3,(H2,23,30)(H,25,26). The Morgan fingerprint density at radius 3 is 2.80 bits per heavy atom. The number of pyridine rings is 1. The summed E-state index contributed by atoms with van der Waals surface area (Å²) in [6, 6.07) is 6.91. The lowest BCUT2D eigenvalue weighted by atomic mass is 10.1. The number of primary amides is 1. The van der Waals surface area contributed by atoms with E-state index in [4.69, 9.17) is 28.9 Å². The molecule has 0 radical (unpaired) electrons. The van der Waals surface area contributed by atoms with Gasteiger partial charge in [0.2, 0.25) is 5.65 Å². The number of nitrogens with one attached hydrogen (secondary N) is 1. The normalized spacial score (nSPS) is 11.3. The van der Waals surface area contributed by atoms with Crippen LogP contribution in [0.4, 0.5) is 5.82 Å². The predicted molar refractivity (Wildman–Crippen MR) is 117 cm³/mol. The highest BCUT2D eigenvalue weighted by Crippen LogP contribution is 2.29. The molecular weight excluding hydrogens is 425 g/mol. The molecule has 3 heterocycles. The first-order chi connectivity index (χ1) is 14.5. The molecule has 0 aliphatic heterocycles. The fourth-order valence-corrected chi connectivity index (χ4v) is 3.69. The molecule has 10 heteroatoms. The van der Waals surface area contributed by atoms with E-state index >= 15 is 0 Å². The maximum absolute atomic E-state index is 11.5. The number of carbonyl (C=O) groups excluding carboxylic acids is 1. The fourth-order valence-electron chi connectivity index (χ4n) is 3.37. The Balaban J connectivity index is 1.49. The van der Waals surface area contributed by atoms with Crippen LogP contribution in [0.15, 0.2) is 30.5 Å². The van der Waals surface area contributed by atoms with E-state index in [2.05, 4.69) is 25.5 Å². The number of amides is 1. The second-order valence-electron chi connectivity index (χ2n) is 6.87. The topological polar surface area (TPSA) is 111 Å². The number of fused-ring (bicyclic) bond motifs is 3. The van der Waals surface area contributed by atoms with Crippen molar-refractivity contribution in [1.29, 1.82) is 0 Å². The van der Waals surface area contributed by atoms with Gasteiger partial charge in [-0.05, 0) is 50.5 Å². The van der Waals surface area contributed by atoms with E-state index in [1.165, 1.54) is 0 Å². The van der Waals surface area contributed by atoms with Crippen molar-refractivity contribution in [1.82, 2.24) is 24.6 Å². The lowest BCUT2D eigenvalue weighted by Gasteiger charge is -2.11. The summed E-state index contributed by atoms with van der Waals surface area (Å²) in [7, 11) is 0. The van der Waals surface area contributed by atoms with Gasteiger partial charge in [0.1, 0.15) is 5.82 Å². The van der Waals surface area contributed by atoms with Gasteiger partial charge in [-0.25, -0.2) is 4.98 Å². The number of unbranched alkanes of at least 4 members (excludes halogenated alkanes) is 1. The Labute approximate surface area is 182 Å². The number of nitrogens with two attached hydrogens (primary N) is 1. The number of carbonyl (C=O) groups is 1. The van der Waals surface area contributed by atoms with Crippen LogP contribution in [0.3, 0.4) is 0 Å². The fraction of sp³-hybridized carbons (Fsp3) is 0.250. The molecule has 0 aliphatic carbocycles. The SMILES string of the molecule is Cc1nnc2c(NCCCCc3ncccc3C(N)=O)nc3cc(Cl)c(Cl)cc3n12. The van der Waals surface area contributed by atoms with Crippen LogP contribution in [0, 0.1) is 6.92 Å². The van der Waals surface area contributed by atoms with E-state index in [1.54, 1.807) is 30.5 Å². The zero-order valence-corrected chi connectivity index (χ0v) is 17.7. The highest BCUT2D eigenvalue weighted by Gasteiger charge is 2.15. The summed E-state index contributed by atoms with van der Waals surface area (Å²) < 4.78 is 1.90. The molecule has 1 amide bonds. The van der Waals surface area contributed by atoms with Crippen LogP contribution in [-0.2, 0) is 6.42 Å². The summed E-state index contributed by atoms with van der Waals surface area (Å²) in [6.45, 7) is 2.54. The van der Waals surface area contributed by atoms with Gasteiger partial charge in [-0.2, -0.15) is 0 Å². The highest BCUT2D eigenvalue weighted by molar-refractivity contribution is 6.42. The minimum Gasteiger partial charge on any atom is -0.367 e. The van der Waals surface area contributed by atoms with Gasteiger partial charge < -0.3 is 11.1 Å². The number of hydrogen-bond acceptors (Lipinski definition) is 6. The zero-order valence-electron chi connectivity index (χ0n) is 16.2. The van der Waals surface area contributed by atoms with Gasteiger partial charge in [0.15, 0.2) is 5.82 Å². The molecule has 0 saturated heterocycles. The van der Waals surface area contributed by atoms with Crippen molar-refractivity contribution in [3.05, 3.63) is 57.6 Å². The zero-order chi connectivity index (χ0) is 21.3. The first-order valence-corrected chi connectivity index (χ1v) is 10.2. The van der Waals surface area contributed by atoms with Gasteiger partial charge in [-0.15, -0.1) is 10.2 Å². The van der Waals surface area contributed by atoms with E-state index in [1.807, 2.05) is 11.3 Å². The molecule has 8 nitrogen and oxygen atoms in total. The van der Waals surface area contributed by atoms with Gasteiger partial charge in [-0.1, -0.05) is 23.2 Å². The Hall–Kier alpha value is -2.97. The molecule has 30 heavy (non-hydrogen) atoms. The smallest absolute Gasteiger partial charge is 0.250 e. The van der Waals surface area contributed by atoms with Gasteiger partial charge in [0.25, 0.3) is 5.91 Å². The number of hydrogen-bond donors (Lipinski definition) is 2. The molecule has 3 aromatic heterocycles. The third-order valence-corrected chi connectivity index (χ3v) is 5.54. The molecule has 0 unspecified atom stereocenters. The molecule has 0 aliphatic rings. The molecule has 4 aromatic rings. The van der Waals surface area contributed by atoms with E-state index in [0.717, 1.165) is 29.9 Å². The number of benzene rings is 1. The van der Waals surface area contributed by atoms with Gasteiger partial charge in [0, 0.05) is 12.7 Å². The summed E-state index contributed by atoms with van der Waals surface area (Å²) in [5, 5.41) is 12.6. The molecule has 3 N–H and O–H groups in total. The molecule has 0 bridgehead atoms. The lowest BCUT2D eigenvalue weighted by Crippen LogP contribution is -2.15. The summed E-state index contributed by atoms with van der Waals surface area (Å²) in [4.78, 5) is 20.4. The average Bonchev–Trinajstić information content (AvgIpc) is 3.11. The third-order valence-electron chi connectivity index (χ3n) is 4.82. The largest absolute Gasteiger partial charge is 0.367 e. The van der Waals surface area contributed by atoms with Gasteiger partial charge >= 0.3 is 0 Å². The van der Waals surface area contributed by atoms with Crippen molar-refractivity contribution >= 4 is 51.6 Å². The second-order valence-corrected chi connectivity index (χ2v) is 7.68. The monoisotopic (exact) mass is 443 g/mol. The van der Waals surface area contributed by atoms with E-state index in [0.29, 0.717) is 45.6 Å². The van der Waals surface area contributed by atoms with E-state index < -0.39 is 5.91 Å². The van der Waals surface area contributed by atoms with Gasteiger partial charge in [-0.3, -0.25) is 14.2 Å². The molecule has 154 valence electrons. The quantitative estimate of drug-likeness (QED) is 0.419. The Morgan fingerprint density at radius 2 is 2.00 bits per heavy atom. The summed E-state index contributed by atoms with van der Waals surface area (Å²) in [5.74, 6) is 0.894. The van der Waals surface area contributed by atoms with Crippen LogP contribution in [0.1, 0.15) is 34.7 Å². The van der Waals surface area contributed by atoms with Crippen molar-refractivity contribution in [3.8, 4) is 0 Å². The van der Waals surface area contributed by atoms with Crippen LogP contribution >= 0.6 is 23.2 Å². The number of anilines is 1. The van der Waals surface area contributed by atoms with Crippen LogP contribution in [0.25, 0.3) is 16.7 Å². The number of nitrogens with zero attached hydrogens (tertiary/aromatic N) is 5. The number of aryl methyl sites for hydroxylation is 2. The van der Waals surface area contributed by atoms with Crippen molar-refractivity contribution in [3.63, 3.8) is 0 Å².